The SMILES string of the molecule is Cc1cc(NC(=O)CN2CCN(C(=O)c3ccc(C)s3)CC2)n(-c2ccc(F)cc2)n1. The summed E-state index contributed by atoms with van der Waals surface area (Å²) in [5, 5.41) is 7.29. The van der Waals surface area contributed by atoms with E-state index in [-0.39, 0.29) is 24.2 Å². The summed E-state index contributed by atoms with van der Waals surface area (Å²) in [6, 6.07) is 11.5. The summed E-state index contributed by atoms with van der Waals surface area (Å²) in [4.78, 5) is 31.0. The van der Waals surface area contributed by atoms with E-state index in [0.29, 0.717) is 37.7 Å². The fourth-order valence-corrected chi connectivity index (χ4v) is 4.40. The maximum absolute atomic E-state index is 13.2. The molecule has 1 fully saturated rings. The van der Waals surface area contributed by atoms with Crippen molar-refractivity contribution in [3.63, 3.8) is 0 Å². The quantitative estimate of drug-likeness (QED) is 0.661. The predicted molar refractivity (Wildman–Crippen MR) is 118 cm³/mol. The lowest BCUT2D eigenvalue weighted by atomic mass is 10.3. The second-order valence-electron chi connectivity index (χ2n) is 7.59. The Labute approximate surface area is 184 Å². The molecule has 1 N–H and O–H groups in total. The molecule has 1 aliphatic rings. The standard InChI is InChI=1S/C22H24FN5O2S/c1-15-13-20(28(25-15)18-6-4-17(23)5-7-18)24-21(29)14-26-9-11-27(12-10-26)22(30)19-8-3-16(2)31-19/h3-8,13H,9-12,14H2,1-2H3,(H,24,29). The summed E-state index contributed by atoms with van der Waals surface area (Å²) < 4.78 is 14.8. The first-order chi connectivity index (χ1) is 14.9. The summed E-state index contributed by atoms with van der Waals surface area (Å²) in [6.07, 6.45) is 0. The number of carbonyl (C=O) groups excluding carboxylic acids is 2. The molecule has 4 rings (SSSR count). The number of benzene rings is 1. The number of amides is 2. The lowest BCUT2D eigenvalue weighted by Crippen LogP contribution is -2.50. The molecular formula is C22H24FN5O2S. The van der Waals surface area contributed by atoms with Crippen LogP contribution < -0.4 is 5.32 Å². The lowest BCUT2D eigenvalue weighted by Gasteiger charge is -2.34. The van der Waals surface area contributed by atoms with Gasteiger partial charge >= 0.3 is 0 Å². The highest BCUT2D eigenvalue weighted by molar-refractivity contribution is 7.13. The molecule has 3 heterocycles. The van der Waals surface area contributed by atoms with Crippen molar-refractivity contribution in [1.82, 2.24) is 19.6 Å². The van der Waals surface area contributed by atoms with E-state index in [9.17, 15) is 14.0 Å². The molecule has 0 bridgehead atoms. The molecule has 0 saturated carbocycles. The molecule has 0 atom stereocenters. The Bertz CT molecular complexity index is 1080. The summed E-state index contributed by atoms with van der Waals surface area (Å²) in [7, 11) is 0. The van der Waals surface area contributed by atoms with Crippen LogP contribution in [0.15, 0.2) is 42.5 Å². The van der Waals surface area contributed by atoms with E-state index in [0.717, 1.165) is 15.4 Å². The fourth-order valence-electron chi connectivity index (χ4n) is 3.57. The van der Waals surface area contributed by atoms with Crippen molar-refractivity contribution in [2.24, 2.45) is 0 Å². The van der Waals surface area contributed by atoms with Crippen LogP contribution in [0.1, 0.15) is 20.2 Å². The minimum atomic E-state index is -0.329. The van der Waals surface area contributed by atoms with Crippen LogP contribution in [0.2, 0.25) is 0 Å². The van der Waals surface area contributed by atoms with Gasteiger partial charge in [0.25, 0.3) is 5.91 Å². The van der Waals surface area contributed by atoms with Crippen molar-refractivity contribution in [2.75, 3.05) is 38.0 Å². The van der Waals surface area contributed by atoms with E-state index in [1.165, 1.54) is 23.5 Å². The number of hydrogen-bond donors (Lipinski definition) is 1. The number of nitrogens with one attached hydrogen (secondary N) is 1. The molecule has 3 aromatic rings. The summed E-state index contributed by atoms with van der Waals surface area (Å²) >= 11 is 1.51. The minimum absolute atomic E-state index is 0.0564. The first-order valence-electron chi connectivity index (χ1n) is 10.1. The third kappa shape index (κ3) is 5.00. The average Bonchev–Trinajstić information content (AvgIpc) is 3.34. The summed E-state index contributed by atoms with van der Waals surface area (Å²) in [5.74, 6) is 0.110. The van der Waals surface area contributed by atoms with Gasteiger partial charge in [0.2, 0.25) is 5.91 Å². The molecule has 1 aliphatic heterocycles. The molecule has 1 aromatic carbocycles. The smallest absolute Gasteiger partial charge is 0.264 e. The van der Waals surface area contributed by atoms with Crippen molar-refractivity contribution in [3.8, 4) is 5.69 Å². The third-order valence-electron chi connectivity index (χ3n) is 5.15. The molecule has 2 amide bonds. The van der Waals surface area contributed by atoms with E-state index in [1.54, 1.807) is 22.9 Å². The zero-order valence-electron chi connectivity index (χ0n) is 17.5. The van der Waals surface area contributed by atoms with Gasteiger partial charge in [-0.25, -0.2) is 9.07 Å². The van der Waals surface area contributed by atoms with Crippen LogP contribution in [0.5, 0.6) is 0 Å². The molecule has 0 aliphatic carbocycles. The Morgan fingerprint density at radius 1 is 1.06 bits per heavy atom. The number of thiophene rings is 1. The number of rotatable bonds is 5. The van der Waals surface area contributed by atoms with Crippen molar-refractivity contribution in [3.05, 3.63) is 63.7 Å². The molecule has 162 valence electrons. The Morgan fingerprint density at radius 2 is 1.77 bits per heavy atom. The number of anilines is 1. The number of aromatic nitrogens is 2. The summed E-state index contributed by atoms with van der Waals surface area (Å²) in [6.45, 7) is 6.52. The Hall–Kier alpha value is -3.04. The zero-order chi connectivity index (χ0) is 22.0. The third-order valence-corrected chi connectivity index (χ3v) is 6.14. The molecule has 0 radical (unpaired) electrons. The van der Waals surface area contributed by atoms with Gasteiger partial charge in [-0.15, -0.1) is 11.3 Å². The van der Waals surface area contributed by atoms with E-state index in [4.69, 9.17) is 0 Å². The van der Waals surface area contributed by atoms with Crippen LogP contribution >= 0.6 is 11.3 Å². The van der Waals surface area contributed by atoms with Crippen molar-refractivity contribution in [2.45, 2.75) is 13.8 Å². The van der Waals surface area contributed by atoms with Crippen LogP contribution in [-0.4, -0.2) is 64.1 Å². The first-order valence-corrected chi connectivity index (χ1v) is 10.9. The molecule has 31 heavy (non-hydrogen) atoms. The van der Waals surface area contributed by atoms with Gasteiger partial charge in [0.1, 0.15) is 11.6 Å². The second kappa shape index (κ2) is 8.99. The largest absolute Gasteiger partial charge is 0.335 e. The van der Waals surface area contributed by atoms with Gasteiger partial charge in [-0.2, -0.15) is 5.10 Å². The maximum atomic E-state index is 13.2. The Balaban J connectivity index is 1.33. The van der Waals surface area contributed by atoms with Gasteiger partial charge < -0.3 is 10.2 Å². The van der Waals surface area contributed by atoms with Gasteiger partial charge in [0.05, 0.1) is 22.8 Å². The van der Waals surface area contributed by atoms with Gasteiger partial charge in [-0.1, -0.05) is 0 Å². The van der Waals surface area contributed by atoms with Crippen LogP contribution in [-0.2, 0) is 4.79 Å². The molecule has 7 nitrogen and oxygen atoms in total. The number of aryl methyl sites for hydroxylation is 2. The van der Waals surface area contributed by atoms with Crippen molar-refractivity contribution in [1.29, 1.82) is 0 Å². The number of piperazine rings is 1. The molecule has 0 spiro atoms. The highest BCUT2D eigenvalue weighted by Gasteiger charge is 2.24. The van der Waals surface area contributed by atoms with Crippen molar-refractivity contribution < 1.29 is 14.0 Å². The minimum Gasteiger partial charge on any atom is -0.335 e. The molecule has 0 unspecified atom stereocenters. The number of nitrogens with zero attached hydrogens (tertiary/aromatic N) is 4. The predicted octanol–water partition coefficient (Wildman–Crippen LogP) is 3.09. The normalized spacial score (nSPS) is 14.6. The van der Waals surface area contributed by atoms with Gasteiger partial charge in [0.15, 0.2) is 0 Å². The van der Waals surface area contributed by atoms with Crippen molar-refractivity contribution >= 4 is 29.0 Å². The average molecular weight is 442 g/mol. The fraction of sp³-hybridized carbons (Fsp3) is 0.318. The zero-order valence-corrected chi connectivity index (χ0v) is 18.3. The maximum Gasteiger partial charge on any atom is 0.264 e. The van der Waals surface area contributed by atoms with Crippen LogP contribution in [0.25, 0.3) is 5.69 Å². The van der Waals surface area contributed by atoms with Crippen LogP contribution in [0.4, 0.5) is 10.2 Å². The van der Waals surface area contributed by atoms with E-state index in [1.807, 2.05) is 35.8 Å². The van der Waals surface area contributed by atoms with Crippen LogP contribution in [0, 0.1) is 19.7 Å². The van der Waals surface area contributed by atoms with Gasteiger partial charge in [-0.05, 0) is 50.2 Å². The van der Waals surface area contributed by atoms with Crippen LogP contribution in [0.3, 0.4) is 0 Å². The Morgan fingerprint density at radius 3 is 2.42 bits per heavy atom. The molecule has 2 aromatic heterocycles. The van der Waals surface area contributed by atoms with E-state index in [2.05, 4.69) is 10.4 Å². The highest BCUT2D eigenvalue weighted by atomic mass is 32.1. The molecule has 9 heteroatoms. The van der Waals surface area contributed by atoms with Gasteiger partial charge in [0, 0.05) is 37.1 Å². The lowest BCUT2D eigenvalue weighted by molar-refractivity contribution is -0.117. The summed E-state index contributed by atoms with van der Waals surface area (Å²) in [5.41, 5.74) is 1.41. The highest BCUT2D eigenvalue weighted by Crippen LogP contribution is 2.19. The monoisotopic (exact) mass is 441 g/mol. The molecule has 1 saturated heterocycles. The molecular weight excluding hydrogens is 417 g/mol. The number of halogens is 1. The Kier molecular flexibility index (Phi) is 6.15. The van der Waals surface area contributed by atoms with E-state index >= 15 is 0 Å². The van der Waals surface area contributed by atoms with Gasteiger partial charge in [-0.3, -0.25) is 14.5 Å². The van der Waals surface area contributed by atoms with E-state index < -0.39 is 0 Å². The number of hydrogen-bond acceptors (Lipinski definition) is 5. The first kappa shape index (κ1) is 21.2. The topological polar surface area (TPSA) is 70.5 Å². The number of carbonyl (C=O) groups is 2. The second-order valence-corrected chi connectivity index (χ2v) is 8.87.